The summed E-state index contributed by atoms with van der Waals surface area (Å²) in [6.45, 7) is 2.28. The van der Waals surface area contributed by atoms with Crippen molar-refractivity contribution < 1.29 is 0 Å². The van der Waals surface area contributed by atoms with E-state index in [2.05, 4.69) is 21.6 Å². The van der Waals surface area contributed by atoms with E-state index in [1.165, 1.54) is 43.6 Å². The molecule has 1 aromatic heterocycles. The zero-order valence-corrected chi connectivity index (χ0v) is 9.39. The largest absolute Gasteiger partial charge is 0.357 e. The molecular weight excluding hydrogens is 194 g/mol. The Morgan fingerprint density at radius 1 is 1.50 bits per heavy atom. The summed E-state index contributed by atoms with van der Waals surface area (Å²) in [6, 6.07) is 0.627. The van der Waals surface area contributed by atoms with Crippen LogP contribution < -0.4 is 5.32 Å². The molecule has 2 unspecified atom stereocenters. The number of hydrogen-bond acceptors (Lipinski definition) is 4. The first kappa shape index (κ1) is 9.90. The van der Waals surface area contributed by atoms with E-state index in [-0.39, 0.29) is 0 Å². The Kier molecular flexibility index (Phi) is 3.35. The monoisotopic (exact) mass is 211 g/mol. The van der Waals surface area contributed by atoms with Crippen LogP contribution >= 0.6 is 11.5 Å². The highest BCUT2D eigenvalue weighted by atomic mass is 32.1. The number of aromatic nitrogens is 2. The average Bonchev–Trinajstić information content (AvgIpc) is 2.71. The van der Waals surface area contributed by atoms with Gasteiger partial charge in [0.2, 0.25) is 5.13 Å². The average molecular weight is 211 g/mol. The second-order valence-electron chi connectivity index (χ2n) is 3.95. The summed E-state index contributed by atoms with van der Waals surface area (Å²) in [5, 5.41) is 4.49. The summed E-state index contributed by atoms with van der Waals surface area (Å²) in [6.07, 6.45) is 8.30. The Bertz CT molecular complexity index is 260. The lowest BCUT2D eigenvalue weighted by molar-refractivity contribution is 0.317. The van der Waals surface area contributed by atoms with Gasteiger partial charge < -0.3 is 5.32 Å². The van der Waals surface area contributed by atoms with Crippen LogP contribution in [-0.4, -0.2) is 15.4 Å². The molecule has 1 heterocycles. The van der Waals surface area contributed by atoms with E-state index in [1.807, 2.05) is 0 Å². The fourth-order valence-electron chi connectivity index (χ4n) is 2.28. The third kappa shape index (κ3) is 2.23. The van der Waals surface area contributed by atoms with Crippen molar-refractivity contribution in [2.24, 2.45) is 5.92 Å². The summed E-state index contributed by atoms with van der Waals surface area (Å²) in [4.78, 5) is 4.18. The molecule has 1 aromatic rings. The maximum atomic E-state index is 4.18. The highest BCUT2D eigenvalue weighted by Crippen LogP contribution is 2.29. The van der Waals surface area contributed by atoms with Gasteiger partial charge in [-0.3, -0.25) is 0 Å². The van der Waals surface area contributed by atoms with Crippen LogP contribution in [0.4, 0.5) is 5.13 Å². The molecule has 78 valence electrons. The van der Waals surface area contributed by atoms with Gasteiger partial charge in [-0.25, -0.2) is 4.98 Å². The van der Waals surface area contributed by atoms with Crippen molar-refractivity contribution in [2.45, 2.75) is 45.1 Å². The van der Waals surface area contributed by atoms with E-state index in [0.717, 1.165) is 11.0 Å². The van der Waals surface area contributed by atoms with Gasteiger partial charge in [-0.15, -0.1) is 0 Å². The Morgan fingerprint density at radius 3 is 3.07 bits per heavy atom. The number of nitrogens with zero attached hydrogens (tertiary/aromatic N) is 2. The van der Waals surface area contributed by atoms with Gasteiger partial charge >= 0.3 is 0 Å². The number of anilines is 1. The number of nitrogens with one attached hydrogen (secondary N) is 1. The van der Waals surface area contributed by atoms with Gasteiger partial charge in [0, 0.05) is 17.6 Å². The molecular formula is C10H17N3S. The second kappa shape index (κ2) is 4.73. The summed E-state index contributed by atoms with van der Waals surface area (Å²) in [5.74, 6) is 0.827. The molecule has 0 amide bonds. The molecule has 2 rings (SSSR count). The molecule has 14 heavy (non-hydrogen) atoms. The normalized spacial score (nSPS) is 27.5. The number of hydrogen-bond donors (Lipinski definition) is 1. The van der Waals surface area contributed by atoms with Crippen molar-refractivity contribution >= 4 is 16.7 Å². The smallest absolute Gasteiger partial charge is 0.202 e. The SMILES string of the molecule is CCC1CCCCC1Nc1ncns1. The van der Waals surface area contributed by atoms with E-state index in [9.17, 15) is 0 Å². The molecule has 1 N–H and O–H groups in total. The van der Waals surface area contributed by atoms with Crippen LogP contribution in [0.5, 0.6) is 0 Å². The van der Waals surface area contributed by atoms with Crippen molar-refractivity contribution in [2.75, 3.05) is 5.32 Å². The lowest BCUT2D eigenvalue weighted by atomic mass is 9.83. The van der Waals surface area contributed by atoms with Crippen molar-refractivity contribution in [3.8, 4) is 0 Å². The van der Waals surface area contributed by atoms with Gasteiger partial charge in [-0.2, -0.15) is 4.37 Å². The molecule has 4 heteroatoms. The van der Waals surface area contributed by atoms with Crippen LogP contribution in [0.15, 0.2) is 6.33 Å². The molecule has 0 aliphatic heterocycles. The number of rotatable bonds is 3. The fourth-order valence-corrected chi connectivity index (χ4v) is 2.77. The minimum Gasteiger partial charge on any atom is -0.357 e. The quantitative estimate of drug-likeness (QED) is 0.835. The standard InChI is InChI=1S/C10H17N3S/c1-2-8-5-3-4-6-9(8)13-10-11-7-12-14-10/h7-9H,2-6H2,1H3,(H,11,12,13). The van der Waals surface area contributed by atoms with Crippen molar-refractivity contribution in [1.29, 1.82) is 0 Å². The Labute approximate surface area is 89.1 Å². The maximum absolute atomic E-state index is 4.18. The maximum Gasteiger partial charge on any atom is 0.202 e. The first-order valence-electron chi connectivity index (χ1n) is 5.43. The van der Waals surface area contributed by atoms with E-state index < -0.39 is 0 Å². The van der Waals surface area contributed by atoms with Gasteiger partial charge in [0.25, 0.3) is 0 Å². The molecule has 1 fully saturated rings. The molecule has 0 radical (unpaired) electrons. The minimum absolute atomic E-state index is 0.627. The first-order valence-corrected chi connectivity index (χ1v) is 6.20. The highest BCUT2D eigenvalue weighted by molar-refractivity contribution is 7.09. The molecule has 2 atom stereocenters. The second-order valence-corrected chi connectivity index (χ2v) is 4.73. The molecule has 1 saturated carbocycles. The lowest BCUT2D eigenvalue weighted by Crippen LogP contribution is -2.31. The molecule has 0 saturated heterocycles. The molecule has 3 nitrogen and oxygen atoms in total. The van der Waals surface area contributed by atoms with Crippen molar-refractivity contribution in [3.63, 3.8) is 0 Å². The van der Waals surface area contributed by atoms with Crippen LogP contribution in [0.25, 0.3) is 0 Å². The zero-order valence-electron chi connectivity index (χ0n) is 8.57. The lowest BCUT2D eigenvalue weighted by Gasteiger charge is -2.31. The van der Waals surface area contributed by atoms with Crippen LogP contribution in [0.3, 0.4) is 0 Å². The van der Waals surface area contributed by atoms with Gasteiger partial charge in [0.05, 0.1) is 0 Å². The van der Waals surface area contributed by atoms with Crippen LogP contribution in [0.2, 0.25) is 0 Å². The molecule has 0 aromatic carbocycles. The fraction of sp³-hybridized carbons (Fsp3) is 0.800. The van der Waals surface area contributed by atoms with E-state index in [4.69, 9.17) is 0 Å². The van der Waals surface area contributed by atoms with Gasteiger partial charge in [0.15, 0.2) is 0 Å². The third-order valence-electron chi connectivity index (χ3n) is 3.10. The summed E-state index contributed by atoms with van der Waals surface area (Å²) in [5.41, 5.74) is 0. The van der Waals surface area contributed by atoms with Crippen LogP contribution in [-0.2, 0) is 0 Å². The Hall–Kier alpha value is -0.640. The van der Waals surface area contributed by atoms with Gasteiger partial charge in [-0.05, 0) is 18.8 Å². The first-order chi connectivity index (χ1) is 6.90. The summed E-state index contributed by atoms with van der Waals surface area (Å²) >= 11 is 1.46. The Morgan fingerprint density at radius 2 is 2.36 bits per heavy atom. The van der Waals surface area contributed by atoms with Gasteiger partial charge in [0.1, 0.15) is 6.33 Å². The van der Waals surface area contributed by atoms with E-state index >= 15 is 0 Å². The van der Waals surface area contributed by atoms with Crippen LogP contribution in [0, 0.1) is 5.92 Å². The molecule has 0 spiro atoms. The van der Waals surface area contributed by atoms with Crippen molar-refractivity contribution in [1.82, 2.24) is 9.36 Å². The predicted molar refractivity (Wildman–Crippen MR) is 59.6 cm³/mol. The molecule has 0 bridgehead atoms. The van der Waals surface area contributed by atoms with E-state index in [0.29, 0.717) is 6.04 Å². The third-order valence-corrected chi connectivity index (χ3v) is 3.70. The van der Waals surface area contributed by atoms with E-state index in [1.54, 1.807) is 6.33 Å². The van der Waals surface area contributed by atoms with Crippen LogP contribution in [0.1, 0.15) is 39.0 Å². The summed E-state index contributed by atoms with van der Waals surface area (Å²) < 4.78 is 4.01. The predicted octanol–water partition coefficient (Wildman–Crippen LogP) is 2.92. The molecule has 1 aliphatic carbocycles. The highest BCUT2D eigenvalue weighted by Gasteiger charge is 2.23. The zero-order chi connectivity index (χ0) is 9.80. The minimum atomic E-state index is 0.627. The van der Waals surface area contributed by atoms with Gasteiger partial charge in [-0.1, -0.05) is 26.2 Å². The topological polar surface area (TPSA) is 37.8 Å². The van der Waals surface area contributed by atoms with Crippen molar-refractivity contribution in [3.05, 3.63) is 6.33 Å². The molecule has 1 aliphatic rings. The summed E-state index contributed by atoms with van der Waals surface area (Å²) in [7, 11) is 0. The Balaban J connectivity index is 1.94.